The Bertz CT molecular complexity index is 585. The molecule has 0 spiro atoms. The van der Waals surface area contributed by atoms with Crippen molar-refractivity contribution >= 4 is 11.9 Å². The Balaban J connectivity index is 1.74. The average molecular weight is 305 g/mol. The first kappa shape index (κ1) is 15.0. The van der Waals surface area contributed by atoms with Gasteiger partial charge in [0.1, 0.15) is 0 Å². The number of likely N-dealkylation sites (tertiary alicyclic amines) is 1. The largest absolute Gasteiger partial charge is 0.465 e. The van der Waals surface area contributed by atoms with Gasteiger partial charge in [-0.1, -0.05) is 0 Å². The van der Waals surface area contributed by atoms with Crippen LogP contribution in [0.4, 0.5) is 0 Å². The molecule has 0 saturated carbocycles. The number of aliphatic hydroxyl groups is 1. The molecule has 0 unspecified atom stereocenters. The predicted molar refractivity (Wildman–Crippen MR) is 77.5 cm³/mol. The molecule has 2 saturated heterocycles. The van der Waals surface area contributed by atoms with Crippen molar-refractivity contribution in [3.05, 3.63) is 35.4 Å². The summed E-state index contributed by atoms with van der Waals surface area (Å²) in [5.74, 6) is -0.319. The van der Waals surface area contributed by atoms with Gasteiger partial charge in [-0.3, -0.25) is 4.79 Å². The standard InChI is InChI=1S/C16H19NO5/c1-21-15(20)12-4-2-11(3-5-12)14(19)17-6-13-7-22-10-16(13,8-17)9-18/h2-5,13,18H,6-10H2,1H3/t13-,16-/m0/s1. The molecule has 118 valence electrons. The number of carbonyl (C=O) groups excluding carboxylic acids is 2. The molecule has 2 aliphatic rings. The van der Waals surface area contributed by atoms with E-state index in [1.165, 1.54) is 7.11 Å². The van der Waals surface area contributed by atoms with E-state index in [1.807, 2.05) is 0 Å². The van der Waals surface area contributed by atoms with Crippen LogP contribution in [-0.2, 0) is 9.47 Å². The lowest BCUT2D eigenvalue weighted by atomic mass is 9.82. The number of hydrogen-bond donors (Lipinski definition) is 1. The predicted octanol–water partition coefficient (Wildman–Crippen LogP) is 0.554. The normalized spacial score (nSPS) is 26.8. The first-order valence-electron chi connectivity index (χ1n) is 7.26. The van der Waals surface area contributed by atoms with Gasteiger partial charge in [0.15, 0.2) is 0 Å². The second-order valence-electron chi connectivity index (χ2n) is 5.99. The summed E-state index contributed by atoms with van der Waals surface area (Å²) in [6.07, 6.45) is 0. The van der Waals surface area contributed by atoms with Crippen molar-refractivity contribution < 1.29 is 24.2 Å². The van der Waals surface area contributed by atoms with Gasteiger partial charge in [0.05, 0.1) is 32.5 Å². The zero-order chi connectivity index (χ0) is 15.7. The fraction of sp³-hybridized carbons (Fsp3) is 0.500. The SMILES string of the molecule is COC(=O)c1ccc(C(=O)N2C[C@H]3COC[C@@]3(CO)C2)cc1. The fourth-order valence-electron chi connectivity index (χ4n) is 3.26. The minimum Gasteiger partial charge on any atom is -0.465 e. The molecule has 2 aliphatic heterocycles. The van der Waals surface area contributed by atoms with Gasteiger partial charge in [0, 0.05) is 30.0 Å². The third-order valence-electron chi connectivity index (χ3n) is 4.68. The Kier molecular flexibility index (Phi) is 3.88. The van der Waals surface area contributed by atoms with E-state index in [-0.39, 0.29) is 23.8 Å². The molecule has 2 atom stereocenters. The van der Waals surface area contributed by atoms with E-state index in [2.05, 4.69) is 4.74 Å². The van der Waals surface area contributed by atoms with Gasteiger partial charge in [-0.15, -0.1) is 0 Å². The van der Waals surface area contributed by atoms with E-state index in [4.69, 9.17) is 4.74 Å². The van der Waals surface area contributed by atoms with Crippen molar-refractivity contribution in [2.24, 2.45) is 11.3 Å². The molecule has 6 heteroatoms. The number of methoxy groups -OCH3 is 1. The van der Waals surface area contributed by atoms with Gasteiger partial charge in [0.2, 0.25) is 0 Å². The second kappa shape index (κ2) is 5.70. The number of amides is 1. The summed E-state index contributed by atoms with van der Waals surface area (Å²) < 4.78 is 10.1. The Labute approximate surface area is 128 Å². The Morgan fingerprint density at radius 1 is 1.36 bits per heavy atom. The summed E-state index contributed by atoms with van der Waals surface area (Å²) in [6.45, 7) is 2.22. The third-order valence-corrected chi connectivity index (χ3v) is 4.68. The van der Waals surface area contributed by atoms with Gasteiger partial charge in [0.25, 0.3) is 5.91 Å². The molecule has 0 aromatic heterocycles. The number of benzene rings is 1. The number of fused-ring (bicyclic) bond motifs is 1. The van der Waals surface area contributed by atoms with Crippen LogP contribution in [0.1, 0.15) is 20.7 Å². The zero-order valence-corrected chi connectivity index (χ0v) is 12.4. The highest BCUT2D eigenvalue weighted by Gasteiger charge is 2.51. The molecular weight excluding hydrogens is 286 g/mol. The van der Waals surface area contributed by atoms with E-state index in [9.17, 15) is 14.7 Å². The third kappa shape index (κ3) is 2.38. The lowest BCUT2D eigenvalue weighted by Crippen LogP contribution is -2.36. The van der Waals surface area contributed by atoms with Crippen LogP contribution in [0.25, 0.3) is 0 Å². The smallest absolute Gasteiger partial charge is 0.337 e. The topological polar surface area (TPSA) is 76.1 Å². The van der Waals surface area contributed by atoms with E-state index >= 15 is 0 Å². The monoisotopic (exact) mass is 305 g/mol. The van der Waals surface area contributed by atoms with Crippen LogP contribution in [0, 0.1) is 11.3 Å². The molecule has 0 aliphatic carbocycles. The van der Waals surface area contributed by atoms with Gasteiger partial charge in [-0.25, -0.2) is 4.79 Å². The highest BCUT2D eigenvalue weighted by Crippen LogP contribution is 2.41. The Morgan fingerprint density at radius 2 is 2.05 bits per heavy atom. The maximum absolute atomic E-state index is 12.6. The number of hydrogen-bond acceptors (Lipinski definition) is 5. The fourth-order valence-corrected chi connectivity index (χ4v) is 3.26. The molecule has 1 aromatic carbocycles. The van der Waals surface area contributed by atoms with Gasteiger partial charge in [-0.05, 0) is 24.3 Å². The molecule has 0 bridgehead atoms. The minimum atomic E-state index is -0.425. The number of rotatable bonds is 3. The van der Waals surface area contributed by atoms with Crippen LogP contribution in [0.2, 0.25) is 0 Å². The first-order chi connectivity index (χ1) is 10.6. The number of ether oxygens (including phenoxy) is 2. The summed E-state index contributed by atoms with van der Waals surface area (Å²) in [6, 6.07) is 6.43. The number of aliphatic hydroxyl groups excluding tert-OH is 1. The zero-order valence-electron chi connectivity index (χ0n) is 12.4. The van der Waals surface area contributed by atoms with E-state index < -0.39 is 5.97 Å². The van der Waals surface area contributed by atoms with Crippen LogP contribution in [-0.4, -0.2) is 61.9 Å². The van der Waals surface area contributed by atoms with Crippen LogP contribution in [0.3, 0.4) is 0 Å². The number of esters is 1. The van der Waals surface area contributed by atoms with Gasteiger partial charge < -0.3 is 19.5 Å². The molecule has 2 heterocycles. The van der Waals surface area contributed by atoms with Gasteiger partial charge >= 0.3 is 5.97 Å². The van der Waals surface area contributed by atoms with E-state index in [0.29, 0.717) is 37.4 Å². The first-order valence-corrected chi connectivity index (χ1v) is 7.26. The van der Waals surface area contributed by atoms with Crippen molar-refractivity contribution in [3.8, 4) is 0 Å². The van der Waals surface area contributed by atoms with Crippen molar-refractivity contribution in [1.82, 2.24) is 4.90 Å². The second-order valence-corrected chi connectivity index (χ2v) is 5.99. The van der Waals surface area contributed by atoms with Crippen molar-refractivity contribution in [3.63, 3.8) is 0 Å². The quantitative estimate of drug-likeness (QED) is 0.826. The minimum absolute atomic E-state index is 0.0305. The summed E-state index contributed by atoms with van der Waals surface area (Å²) in [7, 11) is 1.32. The van der Waals surface area contributed by atoms with Crippen molar-refractivity contribution in [1.29, 1.82) is 0 Å². The summed E-state index contributed by atoms with van der Waals surface area (Å²) >= 11 is 0. The molecule has 0 radical (unpaired) electrons. The van der Waals surface area contributed by atoms with Gasteiger partial charge in [-0.2, -0.15) is 0 Å². The van der Waals surface area contributed by atoms with Crippen LogP contribution in [0.5, 0.6) is 0 Å². The van der Waals surface area contributed by atoms with Crippen LogP contribution >= 0.6 is 0 Å². The summed E-state index contributed by atoms with van der Waals surface area (Å²) in [5, 5.41) is 9.65. The molecule has 6 nitrogen and oxygen atoms in total. The lowest BCUT2D eigenvalue weighted by Gasteiger charge is -2.24. The molecule has 3 rings (SSSR count). The molecular formula is C16H19NO5. The molecule has 2 fully saturated rings. The average Bonchev–Trinajstić information content (AvgIpc) is 3.11. The summed E-state index contributed by atoms with van der Waals surface area (Å²) in [4.78, 5) is 25.7. The maximum atomic E-state index is 12.6. The highest BCUT2D eigenvalue weighted by molar-refractivity contribution is 5.96. The summed E-state index contributed by atoms with van der Waals surface area (Å²) in [5.41, 5.74) is 0.626. The van der Waals surface area contributed by atoms with E-state index in [1.54, 1.807) is 29.2 Å². The van der Waals surface area contributed by atoms with E-state index in [0.717, 1.165) is 0 Å². The Morgan fingerprint density at radius 3 is 2.64 bits per heavy atom. The van der Waals surface area contributed by atoms with Crippen LogP contribution in [0.15, 0.2) is 24.3 Å². The molecule has 1 aromatic rings. The highest BCUT2D eigenvalue weighted by atomic mass is 16.5. The van der Waals surface area contributed by atoms with Crippen LogP contribution < -0.4 is 0 Å². The number of carbonyl (C=O) groups is 2. The lowest BCUT2D eigenvalue weighted by molar-refractivity contribution is 0.0596. The van der Waals surface area contributed by atoms with Crippen molar-refractivity contribution in [2.75, 3.05) is 40.0 Å². The Hall–Kier alpha value is -1.92. The molecule has 1 amide bonds. The van der Waals surface area contributed by atoms with Crippen molar-refractivity contribution in [2.45, 2.75) is 0 Å². The molecule has 22 heavy (non-hydrogen) atoms. The number of nitrogens with zero attached hydrogens (tertiary/aromatic N) is 1. The maximum Gasteiger partial charge on any atom is 0.337 e. The molecule has 1 N–H and O–H groups in total.